The molecule has 1 amide bonds. The molecule has 33 heavy (non-hydrogen) atoms. The zero-order chi connectivity index (χ0) is 23.4. The third-order valence-electron chi connectivity index (χ3n) is 5.69. The molecule has 0 aliphatic heterocycles. The van der Waals surface area contributed by atoms with Crippen LogP contribution in [-0.4, -0.2) is 32.0 Å². The fourth-order valence-electron chi connectivity index (χ4n) is 3.59. The number of carbonyl (C=O) groups is 2. The van der Waals surface area contributed by atoms with Crippen molar-refractivity contribution in [1.29, 1.82) is 0 Å². The maximum atomic E-state index is 13.2. The first-order chi connectivity index (χ1) is 16.0. The lowest BCUT2D eigenvalue weighted by atomic mass is 9.99. The molecule has 0 bridgehead atoms. The van der Waals surface area contributed by atoms with E-state index in [9.17, 15) is 9.59 Å². The highest BCUT2D eigenvalue weighted by Crippen LogP contribution is 2.26. The summed E-state index contributed by atoms with van der Waals surface area (Å²) < 4.78 is 1.70. The second-order valence-corrected chi connectivity index (χ2v) is 8.98. The number of nitrogens with one attached hydrogen (secondary N) is 1. The zero-order valence-electron chi connectivity index (χ0n) is 18.9. The van der Waals surface area contributed by atoms with E-state index in [4.69, 9.17) is 0 Å². The van der Waals surface area contributed by atoms with E-state index in [1.54, 1.807) is 30.1 Å². The van der Waals surface area contributed by atoms with Crippen molar-refractivity contribution in [3.8, 4) is 0 Å². The van der Waals surface area contributed by atoms with E-state index in [2.05, 4.69) is 41.3 Å². The third-order valence-corrected chi connectivity index (χ3v) is 6.60. The number of benzene rings is 2. The number of hydrogen-bond donors (Lipinski definition) is 1. The third kappa shape index (κ3) is 5.14. The number of carbonyl (C=O) groups excluding carboxylic acids is 2. The van der Waals surface area contributed by atoms with Crippen LogP contribution in [0.15, 0.2) is 72.0 Å². The Morgan fingerprint density at radius 1 is 1.12 bits per heavy atom. The van der Waals surface area contributed by atoms with Gasteiger partial charge in [0.25, 0.3) is 0 Å². The van der Waals surface area contributed by atoms with Crippen LogP contribution in [0.25, 0.3) is 10.9 Å². The normalized spacial score (nSPS) is 12.0. The minimum absolute atomic E-state index is 0.122. The molecule has 4 rings (SSSR count). The minimum Gasteiger partial charge on any atom is -0.331 e. The molecule has 0 radical (unpaired) electrons. The number of fused-ring (bicyclic) bond motifs is 1. The maximum Gasteiger partial charge on any atom is 0.234 e. The molecule has 6 nitrogen and oxygen atoms in total. The second-order valence-electron chi connectivity index (χ2n) is 7.98. The molecule has 2 heterocycles. The van der Waals surface area contributed by atoms with Crippen LogP contribution in [0, 0.1) is 0 Å². The van der Waals surface area contributed by atoms with E-state index in [0.717, 1.165) is 17.5 Å². The molecule has 2 aromatic carbocycles. The van der Waals surface area contributed by atoms with E-state index in [-0.39, 0.29) is 17.4 Å². The average Bonchev–Trinajstić information content (AvgIpc) is 3.27. The number of pyridine rings is 1. The fourth-order valence-corrected chi connectivity index (χ4v) is 4.30. The van der Waals surface area contributed by atoms with Gasteiger partial charge in [0.2, 0.25) is 11.7 Å². The van der Waals surface area contributed by atoms with E-state index in [1.807, 2.05) is 36.4 Å². The van der Waals surface area contributed by atoms with E-state index in [0.29, 0.717) is 27.8 Å². The second kappa shape index (κ2) is 10.0. The average molecular weight is 459 g/mol. The summed E-state index contributed by atoms with van der Waals surface area (Å²) in [5.74, 6) is 0.749. The summed E-state index contributed by atoms with van der Waals surface area (Å²) >= 11 is 1.30. The number of hydrogen-bond acceptors (Lipinski definition) is 5. The van der Waals surface area contributed by atoms with Crippen molar-refractivity contribution in [2.45, 2.75) is 31.2 Å². The molecule has 2 aromatic heterocycles. The lowest BCUT2D eigenvalue weighted by Gasteiger charge is -2.11. The molecule has 1 unspecified atom stereocenters. The van der Waals surface area contributed by atoms with Crippen LogP contribution < -0.4 is 5.32 Å². The van der Waals surface area contributed by atoms with Gasteiger partial charge in [0, 0.05) is 36.1 Å². The molecule has 4 aromatic rings. The first-order valence-corrected chi connectivity index (χ1v) is 11.9. The number of para-hydroxylation sites is 1. The molecule has 0 spiro atoms. The molecule has 0 fully saturated rings. The number of thioether (sulfide) groups is 1. The van der Waals surface area contributed by atoms with Gasteiger partial charge in [-0.05, 0) is 42.2 Å². The van der Waals surface area contributed by atoms with E-state index >= 15 is 0 Å². The number of rotatable bonds is 8. The lowest BCUT2D eigenvalue weighted by molar-refractivity contribution is -0.113. The van der Waals surface area contributed by atoms with Crippen LogP contribution in [0.2, 0.25) is 0 Å². The molecular formula is C26H26N4O2S. The summed E-state index contributed by atoms with van der Waals surface area (Å²) in [4.78, 5) is 34.5. The number of amides is 1. The van der Waals surface area contributed by atoms with Crippen molar-refractivity contribution < 1.29 is 9.59 Å². The zero-order valence-corrected chi connectivity index (χ0v) is 19.7. The molecule has 1 N–H and O–H groups in total. The Bertz CT molecular complexity index is 1300. The summed E-state index contributed by atoms with van der Waals surface area (Å²) in [7, 11) is 1.79. The first kappa shape index (κ1) is 22.7. The fraction of sp³-hybridized carbons (Fsp3) is 0.231. The van der Waals surface area contributed by atoms with Gasteiger partial charge in [0.1, 0.15) is 0 Å². The van der Waals surface area contributed by atoms with Gasteiger partial charge in [-0.25, -0.2) is 9.97 Å². The van der Waals surface area contributed by atoms with Gasteiger partial charge in [0.15, 0.2) is 5.82 Å². The highest BCUT2D eigenvalue weighted by molar-refractivity contribution is 7.99. The van der Waals surface area contributed by atoms with Crippen LogP contribution in [0.3, 0.4) is 0 Å². The SMILES string of the molecule is CCC(C)c1ccc(NC(=O)CSc2cc(C(=O)c3nccn3C)c3ccccc3n2)cc1. The molecule has 0 aliphatic rings. The summed E-state index contributed by atoms with van der Waals surface area (Å²) in [5.41, 5.74) is 3.26. The molecular weight excluding hydrogens is 432 g/mol. The molecule has 7 heteroatoms. The Morgan fingerprint density at radius 2 is 1.88 bits per heavy atom. The Labute approximate surface area is 197 Å². The number of aromatic nitrogens is 3. The molecule has 0 saturated heterocycles. The predicted octanol–water partition coefficient (Wildman–Crippen LogP) is 5.44. The van der Waals surface area contributed by atoms with Gasteiger partial charge >= 0.3 is 0 Å². The van der Waals surface area contributed by atoms with Gasteiger partial charge in [-0.1, -0.05) is 55.9 Å². The molecule has 168 valence electrons. The Hall–Kier alpha value is -3.45. The van der Waals surface area contributed by atoms with Crippen LogP contribution in [0.1, 0.15) is 47.9 Å². The van der Waals surface area contributed by atoms with Gasteiger partial charge in [-0.2, -0.15) is 0 Å². The van der Waals surface area contributed by atoms with Crippen LogP contribution in [0.5, 0.6) is 0 Å². The molecule has 1 atom stereocenters. The van der Waals surface area contributed by atoms with Gasteiger partial charge in [-0.15, -0.1) is 0 Å². The maximum absolute atomic E-state index is 13.2. The Morgan fingerprint density at radius 3 is 2.58 bits per heavy atom. The van der Waals surface area contributed by atoms with Gasteiger partial charge in [-0.3, -0.25) is 9.59 Å². The van der Waals surface area contributed by atoms with Crippen LogP contribution in [-0.2, 0) is 11.8 Å². The van der Waals surface area contributed by atoms with Crippen molar-refractivity contribution in [2.24, 2.45) is 7.05 Å². The van der Waals surface area contributed by atoms with Crippen molar-refractivity contribution in [3.05, 3.63) is 83.9 Å². The standard InChI is InChI=1S/C26H26N4O2S/c1-4-17(2)18-9-11-19(12-10-18)28-23(31)16-33-24-15-21(20-7-5-6-8-22(20)29-24)25(32)26-27-13-14-30(26)3/h5-15,17H,4,16H2,1-3H3,(H,28,31). The topological polar surface area (TPSA) is 76.9 Å². The summed E-state index contributed by atoms with van der Waals surface area (Å²) in [6.07, 6.45) is 4.42. The number of nitrogens with zero attached hydrogens (tertiary/aromatic N) is 3. The van der Waals surface area contributed by atoms with E-state index in [1.165, 1.54) is 17.3 Å². The summed E-state index contributed by atoms with van der Waals surface area (Å²) in [6.45, 7) is 4.35. The van der Waals surface area contributed by atoms with Crippen molar-refractivity contribution in [1.82, 2.24) is 14.5 Å². The van der Waals surface area contributed by atoms with Gasteiger partial charge in [0.05, 0.1) is 16.3 Å². The van der Waals surface area contributed by atoms with Crippen molar-refractivity contribution >= 4 is 40.0 Å². The number of ketones is 1. The number of imidazole rings is 1. The van der Waals surface area contributed by atoms with Crippen LogP contribution >= 0.6 is 11.8 Å². The van der Waals surface area contributed by atoms with E-state index < -0.39 is 0 Å². The highest BCUT2D eigenvalue weighted by atomic mass is 32.2. The first-order valence-electron chi connectivity index (χ1n) is 10.9. The Balaban J connectivity index is 1.50. The summed E-state index contributed by atoms with van der Waals surface area (Å²) in [5, 5.41) is 4.32. The number of aryl methyl sites for hydroxylation is 1. The predicted molar refractivity (Wildman–Crippen MR) is 133 cm³/mol. The largest absolute Gasteiger partial charge is 0.331 e. The quantitative estimate of drug-likeness (QED) is 0.281. The summed E-state index contributed by atoms with van der Waals surface area (Å²) in [6, 6.07) is 17.2. The smallest absolute Gasteiger partial charge is 0.234 e. The lowest BCUT2D eigenvalue weighted by Crippen LogP contribution is -2.14. The molecule has 0 aliphatic carbocycles. The monoisotopic (exact) mass is 458 g/mol. The van der Waals surface area contributed by atoms with Crippen molar-refractivity contribution in [3.63, 3.8) is 0 Å². The van der Waals surface area contributed by atoms with Crippen LogP contribution in [0.4, 0.5) is 5.69 Å². The highest BCUT2D eigenvalue weighted by Gasteiger charge is 2.19. The van der Waals surface area contributed by atoms with Crippen molar-refractivity contribution in [2.75, 3.05) is 11.1 Å². The number of anilines is 1. The Kier molecular flexibility index (Phi) is 6.89. The minimum atomic E-state index is -0.172. The van der Waals surface area contributed by atoms with Gasteiger partial charge < -0.3 is 9.88 Å². The molecule has 0 saturated carbocycles.